The Morgan fingerprint density at radius 1 is 1.31 bits per heavy atom. The number of fused-ring (bicyclic) bond motifs is 3. The minimum atomic E-state index is -1.01. The first-order chi connectivity index (χ1) is 7.75. The lowest BCUT2D eigenvalue weighted by molar-refractivity contribution is 0.0691. The fourth-order valence-electron chi connectivity index (χ4n) is 1.64. The largest absolute Gasteiger partial charge is 0.477 e. The molecule has 0 amide bonds. The molecule has 16 heavy (non-hydrogen) atoms. The zero-order chi connectivity index (χ0) is 11.1. The van der Waals surface area contributed by atoms with Gasteiger partial charge in [-0.1, -0.05) is 0 Å². The van der Waals surface area contributed by atoms with Crippen molar-refractivity contribution in [3.05, 3.63) is 30.5 Å². The summed E-state index contributed by atoms with van der Waals surface area (Å²) in [6, 6.07) is 1.53. The molecule has 0 aromatic carbocycles. The fraction of sp³-hybridized carbons (Fsp3) is 0. The number of carboxylic acid groups (broad SMARTS) is 1. The summed E-state index contributed by atoms with van der Waals surface area (Å²) in [4.78, 5) is 25.6. The molecule has 0 bridgehead atoms. The zero-order valence-electron chi connectivity index (χ0n) is 8.01. The Balaban J connectivity index is 2.46. The minimum Gasteiger partial charge on any atom is -0.477 e. The second-order valence-corrected chi connectivity index (χ2v) is 3.34. The quantitative estimate of drug-likeness (QED) is 0.635. The summed E-state index contributed by atoms with van der Waals surface area (Å²) in [6.45, 7) is 0. The molecular formula is C10H6N4O2. The third kappa shape index (κ3) is 1.13. The van der Waals surface area contributed by atoms with Crippen LogP contribution in [0.15, 0.2) is 24.8 Å². The molecule has 3 heterocycles. The molecule has 0 radical (unpaired) electrons. The monoisotopic (exact) mass is 214 g/mol. The molecule has 0 spiro atoms. The maximum Gasteiger partial charge on any atom is 0.352 e. The topological polar surface area (TPSA) is 91.8 Å². The molecule has 3 rings (SSSR count). The lowest BCUT2D eigenvalue weighted by Gasteiger charge is -1.95. The van der Waals surface area contributed by atoms with Gasteiger partial charge < -0.3 is 10.1 Å². The van der Waals surface area contributed by atoms with Crippen LogP contribution in [0, 0.1) is 0 Å². The van der Waals surface area contributed by atoms with Crippen LogP contribution in [0.5, 0.6) is 0 Å². The van der Waals surface area contributed by atoms with Crippen LogP contribution in [0.25, 0.3) is 21.9 Å². The summed E-state index contributed by atoms with van der Waals surface area (Å²) in [5.41, 5.74) is 1.32. The van der Waals surface area contributed by atoms with Crippen molar-refractivity contribution in [2.75, 3.05) is 0 Å². The number of pyridine rings is 1. The molecule has 3 aromatic heterocycles. The van der Waals surface area contributed by atoms with E-state index in [9.17, 15) is 4.79 Å². The molecule has 0 fully saturated rings. The Labute approximate surface area is 89.0 Å². The second kappa shape index (κ2) is 2.99. The van der Waals surface area contributed by atoms with Crippen molar-refractivity contribution in [2.45, 2.75) is 0 Å². The first-order valence-electron chi connectivity index (χ1n) is 4.56. The highest BCUT2D eigenvalue weighted by Crippen LogP contribution is 2.21. The average molecular weight is 214 g/mol. The number of hydrogen-bond acceptors (Lipinski definition) is 4. The zero-order valence-corrected chi connectivity index (χ0v) is 8.01. The minimum absolute atomic E-state index is 0.105. The second-order valence-electron chi connectivity index (χ2n) is 3.34. The van der Waals surface area contributed by atoms with E-state index in [-0.39, 0.29) is 5.69 Å². The van der Waals surface area contributed by atoms with E-state index in [1.807, 2.05) is 0 Å². The summed E-state index contributed by atoms with van der Waals surface area (Å²) >= 11 is 0. The van der Waals surface area contributed by atoms with E-state index in [0.29, 0.717) is 16.6 Å². The van der Waals surface area contributed by atoms with Gasteiger partial charge in [0.05, 0.1) is 5.52 Å². The molecule has 2 N–H and O–H groups in total. The van der Waals surface area contributed by atoms with Crippen LogP contribution in [0.3, 0.4) is 0 Å². The molecule has 0 unspecified atom stereocenters. The Hall–Kier alpha value is -2.50. The van der Waals surface area contributed by atoms with E-state index >= 15 is 0 Å². The van der Waals surface area contributed by atoms with Crippen molar-refractivity contribution in [1.29, 1.82) is 0 Å². The van der Waals surface area contributed by atoms with E-state index in [1.54, 1.807) is 12.4 Å². The van der Waals surface area contributed by atoms with Gasteiger partial charge in [-0.3, -0.25) is 0 Å². The predicted octanol–water partition coefficient (Wildman–Crippen LogP) is 1.20. The highest BCUT2D eigenvalue weighted by Gasteiger charge is 2.11. The standard InChI is InChI=1S/C10H6N4O2/c15-10(16)7-1-6-8-5(2-11-4-13-8)3-12-9(6)14-7/h1-4H,(H,12,14)(H,15,16). The van der Waals surface area contributed by atoms with Crippen molar-refractivity contribution in [3.8, 4) is 0 Å². The average Bonchev–Trinajstić information content (AvgIpc) is 2.73. The predicted molar refractivity (Wildman–Crippen MR) is 56.1 cm³/mol. The number of nitrogens with zero attached hydrogens (tertiary/aromatic N) is 3. The lowest BCUT2D eigenvalue weighted by atomic mass is 10.2. The first-order valence-corrected chi connectivity index (χ1v) is 4.56. The normalized spacial score (nSPS) is 11.0. The van der Waals surface area contributed by atoms with E-state index in [4.69, 9.17) is 5.11 Å². The van der Waals surface area contributed by atoms with E-state index < -0.39 is 5.97 Å². The molecule has 6 nitrogen and oxygen atoms in total. The van der Waals surface area contributed by atoms with Gasteiger partial charge in [-0.05, 0) is 6.07 Å². The number of nitrogens with one attached hydrogen (secondary N) is 1. The molecule has 0 saturated carbocycles. The lowest BCUT2D eigenvalue weighted by Crippen LogP contribution is -1.94. The van der Waals surface area contributed by atoms with Gasteiger partial charge >= 0.3 is 5.97 Å². The van der Waals surface area contributed by atoms with E-state index in [2.05, 4.69) is 19.9 Å². The molecule has 0 aliphatic carbocycles. The summed E-state index contributed by atoms with van der Waals surface area (Å²) in [6.07, 6.45) is 4.68. The summed E-state index contributed by atoms with van der Waals surface area (Å²) in [7, 11) is 0. The number of aromatic nitrogens is 4. The molecule has 0 atom stereocenters. The van der Waals surface area contributed by atoms with Gasteiger partial charge in [0.25, 0.3) is 0 Å². The van der Waals surface area contributed by atoms with Crippen molar-refractivity contribution in [2.24, 2.45) is 0 Å². The number of carbonyl (C=O) groups is 1. The maximum atomic E-state index is 10.8. The van der Waals surface area contributed by atoms with Gasteiger partial charge in [0.15, 0.2) is 0 Å². The third-order valence-electron chi connectivity index (χ3n) is 2.36. The van der Waals surface area contributed by atoms with E-state index in [0.717, 1.165) is 5.39 Å². The molecule has 0 aliphatic heterocycles. The van der Waals surface area contributed by atoms with Crippen LogP contribution in [0.2, 0.25) is 0 Å². The van der Waals surface area contributed by atoms with Gasteiger partial charge in [0.1, 0.15) is 17.7 Å². The van der Waals surface area contributed by atoms with Crippen molar-refractivity contribution in [1.82, 2.24) is 19.9 Å². The van der Waals surface area contributed by atoms with Crippen molar-refractivity contribution >= 4 is 27.9 Å². The maximum absolute atomic E-state index is 10.8. The summed E-state index contributed by atoms with van der Waals surface area (Å²) in [5.74, 6) is -1.01. The van der Waals surface area contributed by atoms with Crippen LogP contribution in [0.4, 0.5) is 0 Å². The summed E-state index contributed by atoms with van der Waals surface area (Å²) in [5, 5.41) is 10.3. The molecular weight excluding hydrogens is 208 g/mol. The first kappa shape index (κ1) is 8.78. The van der Waals surface area contributed by atoms with Crippen LogP contribution in [-0.4, -0.2) is 31.0 Å². The SMILES string of the molecule is O=C(O)c1cc2c(ncc3cncnc32)[nH]1. The summed E-state index contributed by atoms with van der Waals surface area (Å²) < 4.78 is 0. The number of aromatic carboxylic acids is 1. The van der Waals surface area contributed by atoms with Crippen molar-refractivity contribution in [3.63, 3.8) is 0 Å². The van der Waals surface area contributed by atoms with Gasteiger partial charge in [-0.15, -0.1) is 0 Å². The number of carboxylic acids is 1. The number of aromatic amines is 1. The number of hydrogen-bond donors (Lipinski definition) is 2. The van der Waals surface area contributed by atoms with Crippen LogP contribution in [-0.2, 0) is 0 Å². The molecule has 3 aromatic rings. The Morgan fingerprint density at radius 2 is 2.19 bits per heavy atom. The van der Waals surface area contributed by atoms with E-state index in [1.165, 1.54) is 12.4 Å². The Bertz CT molecular complexity index is 704. The number of H-pyrrole nitrogens is 1. The van der Waals surface area contributed by atoms with Gasteiger partial charge in [0.2, 0.25) is 0 Å². The third-order valence-corrected chi connectivity index (χ3v) is 2.36. The Kier molecular flexibility index (Phi) is 1.64. The molecule has 0 aliphatic rings. The van der Waals surface area contributed by atoms with Crippen LogP contribution in [0.1, 0.15) is 10.5 Å². The van der Waals surface area contributed by atoms with Crippen molar-refractivity contribution < 1.29 is 9.90 Å². The highest BCUT2D eigenvalue weighted by molar-refractivity contribution is 6.04. The number of rotatable bonds is 1. The molecule has 78 valence electrons. The highest BCUT2D eigenvalue weighted by atomic mass is 16.4. The smallest absolute Gasteiger partial charge is 0.352 e. The molecule has 6 heteroatoms. The van der Waals surface area contributed by atoms with Gasteiger partial charge in [0, 0.05) is 23.2 Å². The van der Waals surface area contributed by atoms with Gasteiger partial charge in [-0.25, -0.2) is 19.7 Å². The molecule has 0 saturated heterocycles. The van der Waals surface area contributed by atoms with Crippen LogP contribution < -0.4 is 0 Å². The fourth-order valence-corrected chi connectivity index (χ4v) is 1.64. The Morgan fingerprint density at radius 3 is 3.00 bits per heavy atom. The van der Waals surface area contributed by atoms with Gasteiger partial charge in [-0.2, -0.15) is 0 Å². The van der Waals surface area contributed by atoms with Crippen LogP contribution >= 0.6 is 0 Å².